The van der Waals surface area contributed by atoms with Crippen LogP contribution in [-0.2, 0) is 13.1 Å². The Morgan fingerprint density at radius 1 is 0.862 bits per heavy atom. The van der Waals surface area contributed by atoms with E-state index >= 15 is 0 Å². The molecule has 148 valence electrons. The molecule has 6 nitrogen and oxygen atoms in total. The van der Waals surface area contributed by atoms with Crippen molar-refractivity contribution in [1.29, 1.82) is 0 Å². The average Bonchev–Trinajstić information content (AvgIpc) is 2.74. The summed E-state index contributed by atoms with van der Waals surface area (Å²) in [6.45, 7) is 0.214. The molecule has 0 unspecified atom stereocenters. The number of halogens is 2. The predicted octanol–water partition coefficient (Wildman–Crippen LogP) is 3.61. The van der Waals surface area contributed by atoms with E-state index in [1.807, 2.05) is 0 Å². The zero-order valence-corrected chi connectivity index (χ0v) is 15.3. The molecule has 1 aromatic heterocycles. The summed E-state index contributed by atoms with van der Waals surface area (Å²) in [5.74, 6) is -1.61. The summed E-state index contributed by atoms with van der Waals surface area (Å²) >= 11 is 0. The predicted molar refractivity (Wildman–Crippen MR) is 104 cm³/mol. The minimum atomic E-state index is -0.593. The highest BCUT2D eigenvalue weighted by molar-refractivity contribution is 5.95. The molecule has 2 aromatic carbocycles. The van der Waals surface area contributed by atoms with Crippen molar-refractivity contribution in [3.8, 4) is 0 Å². The lowest BCUT2D eigenvalue weighted by Gasteiger charge is -2.09. The molecule has 3 rings (SSSR count). The van der Waals surface area contributed by atoms with Gasteiger partial charge in [-0.25, -0.2) is 13.6 Å². The van der Waals surface area contributed by atoms with Gasteiger partial charge in [0.1, 0.15) is 11.6 Å². The SMILES string of the molecule is O=C(NCc1ccncc1)Nc1ccc(C(=O)NCc2cc(F)ccc2F)cc1. The Bertz CT molecular complexity index is 995. The number of pyridine rings is 1. The number of carbonyl (C=O) groups excluding carboxylic acids is 2. The Labute approximate surface area is 166 Å². The third-order valence-electron chi connectivity index (χ3n) is 4.05. The van der Waals surface area contributed by atoms with Gasteiger partial charge in [0, 0.05) is 42.3 Å². The summed E-state index contributed by atoms with van der Waals surface area (Å²) in [5.41, 5.74) is 1.80. The molecule has 0 aliphatic heterocycles. The Balaban J connectivity index is 1.50. The number of carbonyl (C=O) groups is 2. The van der Waals surface area contributed by atoms with Crippen LogP contribution in [0.4, 0.5) is 19.3 Å². The molecule has 0 saturated carbocycles. The second kappa shape index (κ2) is 9.41. The normalized spacial score (nSPS) is 10.3. The molecule has 3 aromatic rings. The smallest absolute Gasteiger partial charge is 0.319 e. The first kappa shape index (κ1) is 19.9. The van der Waals surface area contributed by atoms with Gasteiger partial charge in [-0.3, -0.25) is 9.78 Å². The van der Waals surface area contributed by atoms with Gasteiger partial charge in [-0.1, -0.05) is 0 Å². The number of nitrogens with one attached hydrogen (secondary N) is 3. The van der Waals surface area contributed by atoms with E-state index in [0.717, 1.165) is 23.8 Å². The summed E-state index contributed by atoms with van der Waals surface area (Å²) in [6.07, 6.45) is 3.28. The molecule has 0 bridgehead atoms. The Kier molecular flexibility index (Phi) is 6.47. The van der Waals surface area contributed by atoms with E-state index in [1.165, 1.54) is 12.1 Å². The van der Waals surface area contributed by atoms with Crippen molar-refractivity contribution in [2.24, 2.45) is 0 Å². The van der Waals surface area contributed by atoms with Crippen molar-refractivity contribution in [2.45, 2.75) is 13.1 Å². The van der Waals surface area contributed by atoms with Crippen LogP contribution in [0.5, 0.6) is 0 Å². The highest BCUT2D eigenvalue weighted by Crippen LogP contribution is 2.12. The number of nitrogens with zero attached hydrogens (tertiary/aromatic N) is 1. The third kappa shape index (κ3) is 5.83. The van der Waals surface area contributed by atoms with Gasteiger partial charge in [0.25, 0.3) is 5.91 Å². The molecule has 0 atom stereocenters. The molecule has 1 heterocycles. The summed E-state index contributed by atoms with van der Waals surface area (Å²) in [6, 6.07) is 12.5. The van der Waals surface area contributed by atoms with Gasteiger partial charge >= 0.3 is 6.03 Å². The molecule has 29 heavy (non-hydrogen) atoms. The van der Waals surface area contributed by atoms with Crippen LogP contribution in [0.15, 0.2) is 67.0 Å². The first-order valence-corrected chi connectivity index (χ1v) is 8.77. The maximum absolute atomic E-state index is 13.6. The second-order valence-electron chi connectivity index (χ2n) is 6.16. The molecule has 3 N–H and O–H groups in total. The Hall–Kier alpha value is -3.81. The summed E-state index contributed by atoms with van der Waals surface area (Å²) in [7, 11) is 0. The maximum atomic E-state index is 13.6. The highest BCUT2D eigenvalue weighted by Gasteiger charge is 2.09. The van der Waals surface area contributed by atoms with Crippen LogP contribution in [0.3, 0.4) is 0 Å². The van der Waals surface area contributed by atoms with Crippen molar-refractivity contribution < 1.29 is 18.4 Å². The number of rotatable bonds is 6. The van der Waals surface area contributed by atoms with Gasteiger partial charge in [-0.2, -0.15) is 0 Å². The van der Waals surface area contributed by atoms with Crippen LogP contribution in [-0.4, -0.2) is 16.9 Å². The zero-order chi connectivity index (χ0) is 20.6. The molecular weight excluding hydrogens is 378 g/mol. The van der Waals surface area contributed by atoms with E-state index < -0.39 is 17.5 Å². The van der Waals surface area contributed by atoms with Crippen LogP contribution in [0.25, 0.3) is 0 Å². The number of aromatic nitrogens is 1. The van der Waals surface area contributed by atoms with Crippen molar-refractivity contribution >= 4 is 17.6 Å². The van der Waals surface area contributed by atoms with E-state index in [-0.39, 0.29) is 18.1 Å². The fourth-order valence-corrected chi connectivity index (χ4v) is 2.52. The number of urea groups is 1. The average molecular weight is 396 g/mol. The molecule has 8 heteroatoms. The molecule has 0 saturated heterocycles. The fraction of sp³-hybridized carbons (Fsp3) is 0.0952. The Morgan fingerprint density at radius 3 is 2.31 bits per heavy atom. The quantitative estimate of drug-likeness (QED) is 0.595. The maximum Gasteiger partial charge on any atom is 0.319 e. The lowest BCUT2D eigenvalue weighted by molar-refractivity contribution is 0.0950. The van der Waals surface area contributed by atoms with E-state index in [1.54, 1.807) is 36.7 Å². The van der Waals surface area contributed by atoms with E-state index in [2.05, 4.69) is 20.9 Å². The summed E-state index contributed by atoms with van der Waals surface area (Å²) in [4.78, 5) is 28.0. The van der Waals surface area contributed by atoms with Crippen molar-refractivity contribution in [3.63, 3.8) is 0 Å². The van der Waals surface area contributed by atoms with Gasteiger partial charge < -0.3 is 16.0 Å². The van der Waals surface area contributed by atoms with Crippen LogP contribution in [0, 0.1) is 11.6 Å². The molecule has 3 amide bonds. The molecule has 0 radical (unpaired) electrons. The van der Waals surface area contributed by atoms with Crippen molar-refractivity contribution in [1.82, 2.24) is 15.6 Å². The van der Waals surface area contributed by atoms with E-state index in [0.29, 0.717) is 17.8 Å². The number of benzene rings is 2. The van der Waals surface area contributed by atoms with Gasteiger partial charge in [-0.05, 0) is 60.2 Å². The van der Waals surface area contributed by atoms with Crippen LogP contribution >= 0.6 is 0 Å². The number of amides is 3. The number of hydrogen-bond donors (Lipinski definition) is 3. The Morgan fingerprint density at radius 2 is 1.59 bits per heavy atom. The standard InChI is InChI=1S/C21H18F2N4O2/c22-17-3-6-19(23)16(11-17)13-25-20(28)15-1-4-18(5-2-15)27-21(29)26-12-14-7-9-24-10-8-14/h1-11H,12-13H2,(H,25,28)(H2,26,27,29). The first-order chi connectivity index (χ1) is 14.0. The largest absolute Gasteiger partial charge is 0.348 e. The molecule has 0 spiro atoms. The summed E-state index contributed by atoms with van der Waals surface area (Å²) in [5, 5.41) is 7.90. The minimum absolute atomic E-state index is 0.0579. The highest BCUT2D eigenvalue weighted by atomic mass is 19.1. The minimum Gasteiger partial charge on any atom is -0.348 e. The lowest BCUT2D eigenvalue weighted by Crippen LogP contribution is -2.28. The molecular formula is C21H18F2N4O2. The van der Waals surface area contributed by atoms with Crippen LogP contribution < -0.4 is 16.0 Å². The number of anilines is 1. The van der Waals surface area contributed by atoms with Gasteiger partial charge in [-0.15, -0.1) is 0 Å². The number of hydrogen-bond acceptors (Lipinski definition) is 3. The molecule has 0 fully saturated rings. The summed E-state index contributed by atoms with van der Waals surface area (Å²) < 4.78 is 26.8. The monoisotopic (exact) mass is 396 g/mol. The first-order valence-electron chi connectivity index (χ1n) is 8.77. The van der Waals surface area contributed by atoms with Crippen LogP contribution in [0.2, 0.25) is 0 Å². The molecule has 0 aliphatic carbocycles. The fourth-order valence-electron chi connectivity index (χ4n) is 2.52. The van der Waals surface area contributed by atoms with Gasteiger partial charge in [0.2, 0.25) is 0 Å². The zero-order valence-electron chi connectivity index (χ0n) is 15.3. The topological polar surface area (TPSA) is 83.1 Å². The van der Waals surface area contributed by atoms with Crippen molar-refractivity contribution in [3.05, 3.63) is 95.3 Å². The molecule has 0 aliphatic rings. The van der Waals surface area contributed by atoms with Crippen LogP contribution in [0.1, 0.15) is 21.5 Å². The van der Waals surface area contributed by atoms with E-state index in [4.69, 9.17) is 0 Å². The van der Waals surface area contributed by atoms with Gasteiger partial charge in [0.15, 0.2) is 0 Å². The third-order valence-corrected chi connectivity index (χ3v) is 4.05. The van der Waals surface area contributed by atoms with E-state index in [9.17, 15) is 18.4 Å². The lowest BCUT2D eigenvalue weighted by atomic mass is 10.1. The van der Waals surface area contributed by atoms with Crippen molar-refractivity contribution in [2.75, 3.05) is 5.32 Å². The second-order valence-corrected chi connectivity index (χ2v) is 6.16. The van der Waals surface area contributed by atoms with Gasteiger partial charge in [0.05, 0.1) is 0 Å².